The summed E-state index contributed by atoms with van der Waals surface area (Å²) >= 11 is 12.0. The lowest BCUT2D eigenvalue weighted by Crippen LogP contribution is -2.51. The summed E-state index contributed by atoms with van der Waals surface area (Å²) in [6, 6.07) is 10.6. The van der Waals surface area contributed by atoms with E-state index in [0.29, 0.717) is 28.1 Å². The predicted molar refractivity (Wildman–Crippen MR) is 144 cm³/mol. The molecule has 2 N–H and O–H groups in total. The molecule has 0 aromatic heterocycles. The zero-order chi connectivity index (χ0) is 26.5. The Morgan fingerprint density at radius 3 is 1.94 bits per heavy atom. The first-order valence-corrected chi connectivity index (χ1v) is 12.9. The zero-order valence-electron chi connectivity index (χ0n) is 21.7. The molecule has 2 aromatic carbocycles. The average molecular weight is 536 g/mol. The molecule has 0 heterocycles. The van der Waals surface area contributed by atoms with Crippen molar-refractivity contribution in [2.75, 3.05) is 19.8 Å². The first kappa shape index (κ1) is 28.1. The van der Waals surface area contributed by atoms with Gasteiger partial charge in [-0.3, -0.25) is 9.59 Å². The molecule has 0 aliphatic heterocycles. The predicted octanol–water partition coefficient (Wildman–Crippen LogP) is 5.89. The molecule has 196 valence electrons. The van der Waals surface area contributed by atoms with Crippen molar-refractivity contribution < 1.29 is 19.1 Å². The fraction of sp³-hybridized carbons (Fsp3) is 0.500. The molecular weight excluding hydrogens is 499 g/mol. The molecular formula is C28H36Cl2N2O4. The Balaban J connectivity index is 1.51. The van der Waals surface area contributed by atoms with E-state index in [2.05, 4.69) is 31.4 Å². The van der Waals surface area contributed by atoms with Crippen LogP contribution in [0.3, 0.4) is 0 Å². The molecule has 1 aliphatic rings. The number of hydrogen-bond acceptors (Lipinski definition) is 4. The van der Waals surface area contributed by atoms with Gasteiger partial charge >= 0.3 is 0 Å². The molecule has 6 nitrogen and oxygen atoms in total. The van der Waals surface area contributed by atoms with Crippen LogP contribution in [0.4, 0.5) is 0 Å². The Morgan fingerprint density at radius 1 is 0.889 bits per heavy atom. The van der Waals surface area contributed by atoms with Gasteiger partial charge in [-0.05, 0) is 91.5 Å². The molecule has 1 saturated carbocycles. The summed E-state index contributed by atoms with van der Waals surface area (Å²) in [5, 5.41) is 7.42. The molecule has 8 heteroatoms. The Morgan fingerprint density at radius 2 is 1.42 bits per heavy atom. The van der Waals surface area contributed by atoms with E-state index < -0.39 is 0 Å². The van der Waals surface area contributed by atoms with E-state index in [0.717, 1.165) is 30.4 Å². The standard InChI is InChI=1S/C28H36Cl2N2O4/c1-18-10-20(29)6-8-23(18)35-14-25(33)31-17-28(5)13-22(12-27(3,4)16-28)32-26(34)15-36-24-9-7-21(30)11-19(24)2/h6-11,22H,12-17H2,1-5H3,(H,31,33)(H,32,34). The Kier molecular flexibility index (Phi) is 9.18. The van der Waals surface area contributed by atoms with E-state index in [9.17, 15) is 9.59 Å². The van der Waals surface area contributed by atoms with Crippen molar-refractivity contribution >= 4 is 35.0 Å². The second kappa shape index (κ2) is 11.7. The lowest BCUT2D eigenvalue weighted by Gasteiger charge is -2.47. The third-order valence-corrected chi connectivity index (χ3v) is 6.98. The Labute approximate surface area is 224 Å². The topological polar surface area (TPSA) is 76.7 Å². The molecule has 2 amide bonds. The summed E-state index contributed by atoms with van der Waals surface area (Å²) in [7, 11) is 0. The molecule has 1 fully saturated rings. The van der Waals surface area contributed by atoms with E-state index in [1.807, 2.05) is 13.8 Å². The fourth-order valence-corrected chi connectivity index (χ4v) is 5.79. The van der Waals surface area contributed by atoms with Crippen LogP contribution in [0.2, 0.25) is 10.0 Å². The van der Waals surface area contributed by atoms with Crippen LogP contribution in [0.25, 0.3) is 0 Å². The number of carbonyl (C=O) groups excluding carboxylic acids is 2. The van der Waals surface area contributed by atoms with Gasteiger partial charge in [0.1, 0.15) is 11.5 Å². The summed E-state index contributed by atoms with van der Waals surface area (Å²) in [6.45, 7) is 10.7. The number of aryl methyl sites for hydroxylation is 2. The maximum Gasteiger partial charge on any atom is 0.258 e. The van der Waals surface area contributed by atoms with Crippen LogP contribution in [0.5, 0.6) is 11.5 Å². The van der Waals surface area contributed by atoms with Gasteiger partial charge in [0.25, 0.3) is 11.8 Å². The largest absolute Gasteiger partial charge is 0.484 e. The van der Waals surface area contributed by atoms with Gasteiger partial charge in [-0.1, -0.05) is 44.0 Å². The number of rotatable bonds is 9. The molecule has 2 unspecified atom stereocenters. The minimum atomic E-state index is -0.179. The van der Waals surface area contributed by atoms with Crippen molar-refractivity contribution in [1.29, 1.82) is 0 Å². The van der Waals surface area contributed by atoms with Gasteiger partial charge in [0.2, 0.25) is 0 Å². The molecule has 0 bridgehead atoms. The van der Waals surface area contributed by atoms with Crippen LogP contribution in [0.15, 0.2) is 36.4 Å². The van der Waals surface area contributed by atoms with Crippen LogP contribution < -0.4 is 20.1 Å². The van der Waals surface area contributed by atoms with Gasteiger partial charge in [0, 0.05) is 22.6 Å². The highest BCUT2D eigenvalue weighted by Crippen LogP contribution is 2.45. The van der Waals surface area contributed by atoms with Gasteiger partial charge in [-0.2, -0.15) is 0 Å². The highest BCUT2D eigenvalue weighted by atomic mass is 35.5. The minimum Gasteiger partial charge on any atom is -0.484 e. The SMILES string of the molecule is Cc1cc(Cl)ccc1OCC(=O)NCC1(C)CC(NC(=O)COc2ccc(Cl)cc2C)CC(C)(C)C1. The summed E-state index contributed by atoms with van der Waals surface area (Å²) in [5.74, 6) is 0.937. The monoisotopic (exact) mass is 534 g/mol. The molecule has 0 saturated heterocycles. The smallest absolute Gasteiger partial charge is 0.258 e. The van der Waals surface area contributed by atoms with Crippen LogP contribution >= 0.6 is 23.2 Å². The van der Waals surface area contributed by atoms with Crippen molar-refractivity contribution in [2.45, 2.75) is 59.9 Å². The molecule has 0 radical (unpaired) electrons. The van der Waals surface area contributed by atoms with E-state index >= 15 is 0 Å². The number of amides is 2. The quantitative estimate of drug-likeness (QED) is 0.420. The van der Waals surface area contributed by atoms with Crippen molar-refractivity contribution in [2.24, 2.45) is 10.8 Å². The highest BCUT2D eigenvalue weighted by Gasteiger charge is 2.41. The third-order valence-electron chi connectivity index (χ3n) is 6.51. The lowest BCUT2D eigenvalue weighted by atomic mass is 9.62. The van der Waals surface area contributed by atoms with Crippen molar-refractivity contribution in [3.05, 3.63) is 57.6 Å². The van der Waals surface area contributed by atoms with Crippen LogP contribution in [-0.2, 0) is 9.59 Å². The minimum absolute atomic E-state index is 0.00830. The maximum atomic E-state index is 12.7. The number of hydrogen-bond donors (Lipinski definition) is 2. The molecule has 2 aromatic rings. The van der Waals surface area contributed by atoms with Gasteiger partial charge in [-0.25, -0.2) is 0 Å². The highest BCUT2D eigenvalue weighted by molar-refractivity contribution is 6.31. The van der Waals surface area contributed by atoms with Gasteiger partial charge in [0.05, 0.1) is 0 Å². The van der Waals surface area contributed by atoms with E-state index in [-0.39, 0.29) is 41.9 Å². The molecule has 1 aliphatic carbocycles. The number of carbonyl (C=O) groups is 2. The van der Waals surface area contributed by atoms with Crippen LogP contribution in [-0.4, -0.2) is 37.6 Å². The normalized spacial score (nSPS) is 20.9. The van der Waals surface area contributed by atoms with E-state index in [1.165, 1.54) is 0 Å². The van der Waals surface area contributed by atoms with Crippen molar-refractivity contribution in [1.82, 2.24) is 10.6 Å². The molecule has 2 atom stereocenters. The molecule has 36 heavy (non-hydrogen) atoms. The molecule has 3 rings (SSSR count). The van der Waals surface area contributed by atoms with Gasteiger partial charge in [0.15, 0.2) is 13.2 Å². The zero-order valence-corrected chi connectivity index (χ0v) is 23.2. The van der Waals surface area contributed by atoms with Crippen LogP contribution in [0.1, 0.15) is 51.2 Å². The van der Waals surface area contributed by atoms with Crippen molar-refractivity contribution in [3.8, 4) is 11.5 Å². The number of ether oxygens (including phenoxy) is 2. The summed E-state index contributed by atoms with van der Waals surface area (Å²) < 4.78 is 11.4. The lowest BCUT2D eigenvalue weighted by molar-refractivity contribution is -0.126. The van der Waals surface area contributed by atoms with Crippen LogP contribution in [0, 0.1) is 24.7 Å². The van der Waals surface area contributed by atoms with Gasteiger partial charge in [-0.15, -0.1) is 0 Å². The number of halogens is 2. The summed E-state index contributed by atoms with van der Waals surface area (Å²) in [5.41, 5.74) is 1.61. The number of nitrogens with one attached hydrogen (secondary N) is 2. The first-order valence-electron chi connectivity index (χ1n) is 12.2. The second-order valence-electron chi connectivity index (χ2n) is 11.0. The second-order valence-corrected chi connectivity index (χ2v) is 11.9. The van der Waals surface area contributed by atoms with Gasteiger partial charge < -0.3 is 20.1 Å². The Hall–Kier alpha value is -2.44. The summed E-state index contributed by atoms with van der Waals surface area (Å²) in [4.78, 5) is 25.2. The van der Waals surface area contributed by atoms with E-state index in [4.69, 9.17) is 32.7 Å². The first-order chi connectivity index (χ1) is 16.8. The fourth-order valence-electron chi connectivity index (χ4n) is 5.34. The Bertz CT molecular complexity index is 1100. The van der Waals surface area contributed by atoms with E-state index in [1.54, 1.807) is 36.4 Å². The maximum absolute atomic E-state index is 12.7. The van der Waals surface area contributed by atoms with Crippen molar-refractivity contribution in [3.63, 3.8) is 0 Å². The average Bonchev–Trinajstić information content (AvgIpc) is 2.75. The third kappa shape index (κ3) is 8.31. The summed E-state index contributed by atoms with van der Waals surface area (Å²) in [6.07, 6.45) is 2.56. The number of benzene rings is 2. The molecule has 0 spiro atoms.